The summed E-state index contributed by atoms with van der Waals surface area (Å²) in [5.41, 5.74) is -7.67. The zero-order valence-electron chi connectivity index (χ0n) is 12.4. The minimum Gasteiger partial charge on any atom is -0.237 e. The van der Waals surface area contributed by atoms with E-state index in [2.05, 4.69) is 9.97 Å². The van der Waals surface area contributed by atoms with Crippen LogP contribution in [0, 0.1) is 13.8 Å². The minimum absolute atomic E-state index is 0.00623. The molecule has 9 heteroatoms. The van der Waals surface area contributed by atoms with Gasteiger partial charge in [-0.2, -0.15) is 26.3 Å². The van der Waals surface area contributed by atoms with Gasteiger partial charge in [0.1, 0.15) is 0 Å². The van der Waals surface area contributed by atoms with Gasteiger partial charge in [-0.15, -0.1) is 0 Å². The van der Waals surface area contributed by atoms with Crippen molar-refractivity contribution in [2.45, 2.75) is 31.9 Å². The number of benzene rings is 1. The van der Waals surface area contributed by atoms with Crippen LogP contribution in [0.1, 0.15) is 16.7 Å². The molecule has 0 N–H and O–H groups in total. The van der Waals surface area contributed by atoms with Crippen molar-refractivity contribution in [3.63, 3.8) is 0 Å². The fourth-order valence-corrected chi connectivity index (χ4v) is 2.43. The van der Waals surface area contributed by atoms with Gasteiger partial charge in [-0.3, -0.25) is 0 Å². The maximum absolute atomic E-state index is 14.5. The summed E-state index contributed by atoms with van der Waals surface area (Å²) in [6, 6.07) is 3.20. The molecule has 1 heterocycles. The molecule has 2 rings (SSSR count). The number of alkyl halides is 7. The molecule has 0 aliphatic heterocycles. The van der Waals surface area contributed by atoms with Crippen LogP contribution in [0.4, 0.5) is 30.7 Å². The molecule has 0 fully saturated rings. The summed E-state index contributed by atoms with van der Waals surface area (Å²) in [6.45, 7) is 2.55. The molecule has 0 saturated heterocycles. The summed E-state index contributed by atoms with van der Waals surface area (Å²) in [5.74, 6) is -0.416. The Balaban J connectivity index is 2.92. The Labute approximate surface area is 132 Å². The Kier molecular flexibility index (Phi) is 4.32. The second-order valence-electron chi connectivity index (χ2n) is 5.23. The molecular formula is C15H11F7N2. The van der Waals surface area contributed by atoms with Crippen molar-refractivity contribution in [3.8, 4) is 11.4 Å². The van der Waals surface area contributed by atoms with E-state index in [9.17, 15) is 30.7 Å². The zero-order valence-corrected chi connectivity index (χ0v) is 12.4. The van der Waals surface area contributed by atoms with Crippen LogP contribution in [0.5, 0.6) is 0 Å². The first-order valence-corrected chi connectivity index (χ1v) is 6.61. The molecule has 2 aromatic rings. The summed E-state index contributed by atoms with van der Waals surface area (Å²) < 4.78 is 93.2. The molecule has 1 aromatic heterocycles. The second kappa shape index (κ2) is 5.71. The molecule has 0 radical (unpaired) electrons. The molecule has 0 amide bonds. The second-order valence-corrected chi connectivity index (χ2v) is 5.23. The molecule has 0 unspecified atom stereocenters. The fraction of sp³-hybridized carbons (Fsp3) is 0.333. The summed E-state index contributed by atoms with van der Waals surface area (Å²) in [4.78, 5) is 7.33. The van der Waals surface area contributed by atoms with E-state index in [1.807, 2.05) is 0 Å². The maximum atomic E-state index is 14.5. The third-order valence-corrected chi connectivity index (χ3v) is 3.42. The monoisotopic (exact) mass is 352 g/mol. The zero-order chi connectivity index (χ0) is 18.3. The average molecular weight is 352 g/mol. The summed E-state index contributed by atoms with van der Waals surface area (Å²) in [5, 5.41) is 0. The van der Waals surface area contributed by atoms with Gasteiger partial charge >= 0.3 is 18.0 Å². The number of halogens is 7. The Bertz CT molecular complexity index is 722. The number of hydrogen-bond acceptors (Lipinski definition) is 2. The molecule has 0 bridgehead atoms. The SMILES string of the molecule is Cc1cc(C)c(-c2ncccn2)c(C(F)(C(F)(F)F)C(F)(F)F)c1. The van der Waals surface area contributed by atoms with Crippen LogP contribution in [-0.2, 0) is 5.67 Å². The predicted octanol–water partition coefficient (Wildman–Crippen LogP) is 5.05. The number of nitrogens with zero attached hydrogens (tertiary/aromatic N) is 2. The van der Waals surface area contributed by atoms with Crippen LogP contribution in [0.25, 0.3) is 11.4 Å². The van der Waals surface area contributed by atoms with Crippen molar-refractivity contribution < 1.29 is 30.7 Å². The standard InChI is InChI=1S/C15H11F7N2/c1-8-6-9(2)11(12-23-4-3-5-24-12)10(7-8)13(16,14(17,18)19)15(20,21)22/h3-7H,1-2H3. The molecule has 0 saturated carbocycles. The first-order valence-electron chi connectivity index (χ1n) is 6.61. The first kappa shape index (κ1) is 18.2. The van der Waals surface area contributed by atoms with E-state index in [0.717, 1.165) is 12.4 Å². The Morgan fingerprint density at radius 3 is 1.75 bits per heavy atom. The van der Waals surface area contributed by atoms with Gasteiger partial charge in [-0.05, 0) is 25.5 Å². The van der Waals surface area contributed by atoms with E-state index in [1.54, 1.807) is 0 Å². The lowest BCUT2D eigenvalue weighted by molar-refractivity contribution is -0.348. The quantitative estimate of drug-likeness (QED) is 0.707. The third kappa shape index (κ3) is 2.83. The highest BCUT2D eigenvalue weighted by atomic mass is 19.4. The molecule has 130 valence electrons. The topological polar surface area (TPSA) is 25.8 Å². The summed E-state index contributed by atoms with van der Waals surface area (Å²) in [7, 11) is 0. The van der Waals surface area contributed by atoms with Crippen molar-refractivity contribution in [1.29, 1.82) is 0 Å². The van der Waals surface area contributed by atoms with Crippen LogP contribution < -0.4 is 0 Å². The number of hydrogen-bond donors (Lipinski definition) is 0. The number of aryl methyl sites for hydroxylation is 2. The van der Waals surface area contributed by atoms with Crippen LogP contribution in [0.3, 0.4) is 0 Å². The normalized spacial score (nSPS) is 13.2. The van der Waals surface area contributed by atoms with Crippen LogP contribution in [0.2, 0.25) is 0 Å². The van der Waals surface area contributed by atoms with Crippen molar-refractivity contribution in [1.82, 2.24) is 9.97 Å². The van der Waals surface area contributed by atoms with E-state index in [1.165, 1.54) is 26.0 Å². The molecule has 0 atom stereocenters. The van der Waals surface area contributed by atoms with Crippen LogP contribution in [-0.4, -0.2) is 22.3 Å². The lowest BCUT2D eigenvalue weighted by Gasteiger charge is -2.32. The van der Waals surface area contributed by atoms with Crippen molar-refractivity contribution in [2.24, 2.45) is 0 Å². The predicted molar refractivity (Wildman–Crippen MR) is 71.8 cm³/mol. The summed E-state index contributed by atoms with van der Waals surface area (Å²) >= 11 is 0. The molecule has 0 aliphatic carbocycles. The fourth-order valence-electron chi connectivity index (χ4n) is 2.43. The van der Waals surface area contributed by atoms with Crippen LogP contribution >= 0.6 is 0 Å². The van der Waals surface area contributed by atoms with Gasteiger partial charge in [-0.25, -0.2) is 14.4 Å². The smallest absolute Gasteiger partial charge is 0.237 e. The average Bonchev–Trinajstić information content (AvgIpc) is 2.44. The molecule has 1 aromatic carbocycles. The largest absolute Gasteiger partial charge is 0.435 e. The van der Waals surface area contributed by atoms with Gasteiger partial charge in [0.2, 0.25) is 0 Å². The molecule has 2 nitrogen and oxygen atoms in total. The number of rotatable bonds is 2. The van der Waals surface area contributed by atoms with Crippen molar-refractivity contribution >= 4 is 0 Å². The Morgan fingerprint density at radius 1 is 0.792 bits per heavy atom. The van der Waals surface area contributed by atoms with Gasteiger partial charge in [-0.1, -0.05) is 17.7 Å². The number of aromatic nitrogens is 2. The van der Waals surface area contributed by atoms with E-state index in [0.29, 0.717) is 6.07 Å². The minimum atomic E-state index is -6.20. The lowest BCUT2D eigenvalue weighted by atomic mass is 9.86. The highest BCUT2D eigenvalue weighted by Crippen LogP contribution is 2.55. The third-order valence-electron chi connectivity index (χ3n) is 3.42. The van der Waals surface area contributed by atoms with E-state index < -0.39 is 35.0 Å². The highest BCUT2D eigenvalue weighted by molar-refractivity contribution is 5.67. The van der Waals surface area contributed by atoms with E-state index in [4.69, 9.17) is 0 Å². The maximum Gasteiger partial charge on any atom is 0.435 e. The summed E-state index contributed by atoms with van der Waals surface area (Å²) in [6.07, 6.45) is -10.1. The molecule has 0 spiro atoms. The Morgan fingerprint density at radius 2 is 1.29 bits per heavy atom. The van der Waals surface area contributed by atoms with Crippen molar-refractivity contribution in [3.05, 3.63) is 47.3 Å². The van der Waals surface area contributed by atoms with Gasteiger partial charge in [0.05, 0.1) is 0 Å². The molecule has 0 aliphatic rings. The molecule has 24 heavy (non-hydrogen) atoms. The van der Waals surface area contributed by atoms with Gasteiger partial charge in [0.25, 0.3) is 0 Å². The van der Waals surface area contributed by atoms with E-state index in [-0.39, 0.29) is 11.1 Å². The van der Waals surface area contributed by atoms with Crippen LogP contribution in [0.15, 0.2) is 30.6 Å². The lowest BCUT2D eigenvalue weighted by Crippen LogP contribution is -2.50. The van der Waals surface area contributed by atoms with Crippen molar-refractivity contribution in [2.75, 3.05) is 0 Å². The first-order chi connectivity index (χ1) is 10.9. The molecular weight excluding hydrogens is 341 g/mol. The van der Waals surface area contributed by atoms with E-state index >= 15 is 0 Å². The Hall–Kier alpha value is -2.19. The highest BCUT2D eigenvalue weighted by Gasteiger charge is 2.74. The van der Waals surface area contributed by atoms with Gasteiger partial charge < -0.3 is 0 Å². The van der Waals surface area contributed by atoms with Gasteiger partial charge in [0, 0.05) is 23.5 Å². The van der Waals surface area contributed by atoms with Gasteiger partial charge in [0.15, 0.2) is 5.82 Å².